The Labute approximate surface area is 110 Å². The third kappa shape index (κ3) is 2.69. The second-order valence-corrected chi connectivity index (χ2v) is 4.46. The number of hydrogen-bond donors (Lipinski definition) is 2. The number of nitrogens with zero attached hydrogens (tertiary/aromatic N) is 2. The Morgan fingerprint density at radius 1 is 1.44 bits per heavy atom. The second kappa shape index (κ2) is 5.48. The third-order valence-corrected chi connectivity index (χ3v) is 3.11. The van der Waals surface area contributed by atoms with E-state index in [2.05, 4.69) is 10.5 Å². The van der Waals surface area contributed by atoms with Crippen LogP contribution in [0.2, 0.25) is 5.02 Å². The number of aromatic nitrogens is 2. The normalized spacial score (nSPS) is 12.7. The van der Waals surface area contributed by atoms with E-state index in [-0.39, 0.29) is 11.9 Å². The molecule has 0 fully saturated rings. The number of hydrazine groups is 1. The average molecular weight is 269 g/mol. The van der Waals surface area contributed by atoms with Gasteiger partial charge >= 0.3 is 0 Å². The van der Waals surface area contributed by atoms with Gasteiger partial charge in [0.25, 0.3) is 0 Å². The van der Waals surface area contributed by atoms with Crippen molar-refractivity contribution in [1.29, 1.82) is 0 Å². The summed E-state index contributed by atoms with van der Waals surface area (Å²) in [7, 11) is 1.80. The maximum Gasteiger partial charge on any atom is 0.123 e. The Balaban J connectivity index is 2.22. The van der Waals surface area contributed by atoms with E-state index in [0.717, 1.165) is 11.3 Å². The van der Waals surface area contributed by atoms with Crippen LogP contribution in [0.3, 0.4) is 0 Å². The van der Waals surface area contributed by atoms with E-state index >= 15 is 0 Å². The maximum atomic E-state index is 12.8. The zero-order valence-electron chi connectivity index (χ0n) is 9.90. The van der Waals surface area contributed by atoms with E-state index in [1.165, 1.54) is 12.1 Å². The topological polar surface area (TPSA) is 55.9 Å². The molecule has 0 aliphatic carbocycles. The Morgan fingerprint density at radius 2 is 2.11 bits per heavy atom. The molecule has 96 valence electrons. The largest absolute Gasteiger partial charge is 0.271 e. The number of nitrogens with two attached hydrogens (primary N) is 1. The van der Waals surface area contributed by atoms with Crippen molar-refractivity contribution < 1.29 is 4.39 Å². The van der Waals surface area contributed by atoms with Gasteiger partial charge in [0, 0.05) is 7.05 Å². The first kappa shape index (κ1) is 13.0. The quantitative estimate of drug-likeness (QED) is 0.658. The molecule has 0 radical (unpaired) electrons. The van der Waals surface area contributed by atoms with E-state index in [4.69, 9.17) is 17.4 Å². The van der Waals surface area contributed by atoms with Gasteiger partial charge in [-0.3, -0.25) is 16.0 Å². The summed E-state index contributed by atoms with van der Waals surface area (Å²) >= 11 is 6.07. The molecule has 1 atom stereocenters. The molecule has 0 amide bonds. The average Bonchev–Trinajstić information content (AvgIpc) is 2.69. The minimum absolute atomic E-state index is 0.171. The van der Waals surface area contributed by atoms with E-state index in [1.807, 2.05) is 0 Å². The van der Waals surface area contributed by atoms with Crippen LogP contribution in [0.5, 0.6) is 0 Å². The van der Waals surface area contributed by atoms with Crippen LogP contribution in [-0.2, 0) is 13.5 Å². The number of rotatable bonds is 4. The van der Waals surface area contributed by atoms with Crippen LogP contribution in [0.4, 0.5) is 4.39 Å². The highest BCUT2D eigenvalue weighted by Gasteiger charge is 2.18. The van der Waals surface area contributed by atoms with Crippen molar-refractivity contribution in [3.63, 3.8) is 0 Å². The summed E-state index contributed by atoms with van der Waals surface area (Å²) in [5.41, 5.74) is 4.49. The van der Waals surface area contributed by atoms with Crippen molar-refractivity contribution in [2.75, 3.05) is 0 Å². The molecule has 1 heterocycles. The number of aryl methyl sites for hydroxylation is 1. The first-order chi connectivity index (χ1) is 8.61. The Morgan fingerprint density at radius 3 is 2.61 bits per heavy atom. The van der Waals surface area contributed by atoms with Gasteiger partial charge in [0.2, 0.25) is 0 Å². The first-order valence-electron chi connectivity index (χ1n) is 5.49. The summed E-state index contributed by atoms with van der Waals surface area (Å²) in [5, 5.41) is 4.63. The molecule has 0 aliphatic heterocycles. The van der Waals surface area contributed by atoms with Crippen LogP contribution in [0, 0.1) is 5.82 Å². The number of halogens is 2. The van der Waals surface area contributed by atoms with Crippen LogP contribution in [-0.4, -0.2) is 9.78 Å². The minimum Gasteiger partial charge on any atom is -0.271 e. The zero-order chi connectivity index (χ0) is 13.1. The summed E-state index contributed by atoms with van der Waals surface area (Å²) in [4.78, 5) is 0. The van der Waals surface area contributed by atoms with Gasteiger partial charge in [-0.1, -0.05) is 23.7 Å². The Bertz CT molecular complexity index is 504. The summed E-state index contributed by atoms with van der Waals surface area (Å²) in [5.74, 6) is 5.30. The first-order valence-corrected chi connectivity index (χ1v) is 5.87. The van der Waals surface area contributed by atoms with Crippen LogP contribution < -0.4 is 11.3 Å². The maximum absolute atomic E-state index is 12.8. The number of nitrogens with one attached hydrogen (secondary N) is 1. The predicted octanol–water partition coefficient (Wildman–Crippen LogP) is 1.96. The van der Waals surface area contributed by atoms with Crippen LogP contribution >= 0.6 is 11.6 Å². The molecule has 0 bridgehead atoms. The van der Waals surface area contributed by atoms with Crippen molar-refractivity contribution in [3.8, 4) is 0 Å². The SMILES string of the molecule is Cn1ncc(Cl)c1C(Cc1ccc(F)cc1)NN. The molecule has 1 aromatic carbocycles. The molecule has 18 heavy (non-hydrogen) atoms. The molecule has 2 aromatic rings. The number of benzene rings is 1. The molecule has 0 spiro atoms. The molecule has 0 aliphatic rings. The highest BCUT2D eigenvalue weighted by atomic mass is 35.5. The molecule has 1 unspecified atom stereocenters. The minimum atomic E-state index is -0.255. The summed E-state index contributed by atoms with van der Waals surface area (Å²) in [6.45, 7) is 0. The van der Waals surface area contributed by atoms with Crippen molar-refractivity contribution in [2.45, 2.75) is 12.5 Å². The van der Waals surface area contributed by atoms with Gasteiger partial charge in [-0.25, -0.2) is 4.39 Å². The van der Waals surface area contributed by atoms with Crippen molar-refractivity contribution in [3.05, 3.63) is 52.6 Å². The number of hydrogen-bond acceptors (Lipinski definition) is 3. The fourth-order valence-electron chi connectivity index (χ4n) is 1.90. The van der Waals surface area contributed by atoms with Gasteiger partial charge in [-0.2, -0.15) is 5.10 Å². The molecular formula is C12H14ClFN4. The lowest BCUT2D eigenvalue weighted by molar-refractivity contribution is 0.508. The van der Waals surface area contributed by atoms with Crippen molar-refractivity contribution in [1.82, 2.24) is 15.2 Å². The smallest absolute Gasteiger partial charge is 0.123 e. The third-order valence-electron chi connectivity index (χ3n) is 2.82. The zero-order valence-corrected chi connectivity index (χ0v) is 10.7. The van der Waals surface area contributed by atoms with E-state index in [9.17, 15) is 4.39 Å². The highest BCUT2D eigenvalue weighted by molar-refractivity contribution is 6.31. The van der Waals surface area contributed by atoms with E-state index in [0.29, 0.717) is 11.4 Å². The Kier molecular flexibility index (Phi) is 3.96. The van der Waals surface area contributed by atoms with Crippen LogP contribution in [0.25, 0.3) is 0 Å². The molecular weight excluding hydrogens is 255 g/mol. The predicted molar refractivity (Wildman–Crippen MR) is 68.4 cm³/mol. The van der Waals surface area contributed by atoms with Gasteiger partial charge in [-0.05, 0) is 24.1 Å². The lowest BCUT2D eigenvalue weighted by Gasteiger charge is -2.17. The van der Waals surface area contributed by atoms with Gasteiger partial charge in [-0.15, -0.1) is 0 Å². The van der Waals surface area contributed by atoms with Gasteiger partial charge in [0.15, 0.2) is 0 Å². The van der Waals surface area contributed by atoms with Crippen molar-refractivity contribution >= 4 is 11.6 Å². The fourth-order valence-corrected chi connectivity index (χ4v) is 2.20. The lowest BCUT2D eigenvalue weighted by atomic mass is 10.0. The summed E-state index contributed by atoms with van der Waals surface area (Å²) in [6.07, 6.45) is 2.18. The molecule has 2 rings (SSSR count). The molecule has 6 heteroatoms. The molecule has 0 saturated carbocycles. The Hall–Kier alpha value is -1.43. The monoisotopic (exact) mass is 268 g/mol. The highest BCUT2D eigenvalue weighted by Crippen LogP contribution is 2.24. The van der Waals surface area contributed by atoms with Gasteiger partial charge in [0.05, 0.1) is 23.0 Å². The standard InChI is InChI=1S/C12H14ClFN4/c1-18-12(10(13)7-16-18)11(17-15)6-8-2-4-9(14)5-3-8/h2-5,7,11,17H,6,15H2,1H3. The van der Waals surface area contributed by atoms with E-state index < -0.39 is 0 Å². The van der Waals surface area contributed by atoms with Crippen LogP contribution in [0.1, 0.15) is 17.3 Å². The molecule has 0 saturated heterocycles. The summed E-state index contributed by atoms with van der Waals surface area (Å²) < 4.78 is 14.5. The molecule has 1 aromatic heterocycles. The van der Waals surface area contributed by atoms with Crippen molar-refractivity contribution in [2.24, 2.45) is 12.9 Å². The molecule has 3 N–H and O–H groups in total. The molecule has 4 nitrogen and oxygen atoms in total. The van der Waals surface area contributed by atoms with Gasteiger partial charge < -0.3 is 0 Å². The lowest BCUT2D eigenvalue weighted by Crippen LogP contribution is -2.31. The van der Waals surface area contributed by atoms with E-state index in [1.54, 1.807) is 30.1 Å². The fraction of sp³-hybridized carbons (Fsp3) is 0.250. The van der Waals surface area contributed by atoms with Crippen LogP contribution in [0.15, 0.2) is 30.5 Å². The summed E-state index contributed by atoms with van der Waals surface area (Å²) in [6, 6.07) is 6.13. The second-order valence-electron chi connectivity index (χ2n) is 4.05. The van der Waals surface area contributed by atoms with Gasteiger partial charge in [0.1, 0.15) is 5.82 Å².